The highest BCUT2D eigenvalue weighted by atomic mass is 16.5. The lowest BCUT2D eigenvalue weighted by atomic mass is 10.0. The van der Waals surface area contributed by atoms with Crippen LogP contribution in [0.25, 0.3) is 11.6 Å². The van der Waals surface area contributed by atoms with Crippen LogP contribution in [0.3, 0.4) is 0 Å². The molecule has 1 amide bonds. The summed E-state index contributed by atoms with van der Waals surface area (Å²) in [5.74, 6) is -0.118. The first-order chi connectivity index (χ1) is 14.0. The summed E-state index contributed by atoms with van der Waals surface area (Å²) < 4.78 is 5.80. The number of pyridine rings is 1. The average molecular weight is 388 g/mol. The summed E-state index contributed by atoms with van der Waals surface area (Å²) in [4.78, 5) is 26.5. The molecule has 1 heterocycles. The van der Waals surface area contributed by atoms with Crippen LogP contribution in [0.4, 0.5) is 0 Å². The van der Waals surface area contributed by atoms with Crippen molar-refractivity contribution in [2.75, 3.05) is 0 Å². The number of nitrogens with two attached hydrogens (primary N) is 1. The Morgan fingerprint density at radius 2 is 1.66 bits per heavy atom. The molecule has 0 aliphatic carbocycles. The topological polar surface area (TPSA) is 103 Å². The molecular weight excluding hydrogens is 368 g/mol. The van der Waals surface area contributed by atoms with E-state index in [1.54, 1.807) is 54.9 Å². The van der Waals surface area contributed by atoms with E-state index in [2.05, 4.69) is 4.98 Å². The molecule has 3 aromatic rings. The highest BCUT2D eigenvalue weighted by Gasteiger charge is 2.11. The molecule has 0 unspecified atom stereocenters. The predicted molar refractivity (Wildman–Crippen MR) is 110 cm³/mol. The molecule has 6 nitrogen and oxygen atoms in total. The summed E-state index contributed by atoms with van der Waals surface area (Å²) in [6.07, 6.45) is 5.71. The second-order valence-corrected chi connectivity index (χ2v) is 6.39. The number of primary amides is 1. The van der Waals surface area contributed by atoms with Gasteiger partial charge in [0.25, 0.3) is 0 Å². The number of carbonyl (C=O) groups excluding carboxylic acids is 1. The molecule has 0 aliphatic rings. The van der Waals surface area contributed by atoms with Crippen LogP contribution in [-0.2, 0) is 16.0 Å². The number of rotatable bonds is 8. The van der Waals surface area contributed by atoms with Gasteiger partial charge in [-0.05, 0) is 59.5 Å². The number of nitrogens with zero attached hydrogens (tertiary/aromatic N) is 1. The van der Waals surface area contributed by atoms with E-state index in [0.717, 1.165) is 5.56 Å². The molecule has 0 saturated heterocycles. The summed E-state index contributed by atoms with van der Waals surface area (Å²) in [5, 5.41) is 9.55. The second-order valence-electron chi connectivity index (χ2n) is 6.39. The number of carboxylic acids is 1. The fourth-order valence-electron chi connectivity index (χ4n) is 2.73. The minimum absolute atomic E-state index is 0.170. The Kier molecular flexibility index (Phi) is 6.37. The first-order valence-corrected chi connectivity index (χ1v) is 9.02. The number of amides is 1. The summed E-state index contributed by atoms with van der Waals surface area (Å²) in [7, 11) is 0. The van der Waals surface area contributed by atoms with Gasteiger partial charge in [-0.3, -0.25) is 9.78 Å². The molecule has 1 aromatic heterocycles. The van der Waals surface area contributed by atoms with Gasteiger partial charge in [0, 0.05) is 18.8 Å². The zero-order valence-electron chi connectivity index (χ0n) is 15.6. The van der Waals surface area contributed by atoms with Gasteiger partial charge in [0.15, 0.2) is 0 Å². The molecule has 2 aromatic carbocycles. The van der Waals surface area contributed by atoms with Crippen LogP contribution < -0.4 is 10.5 Å². The second kappa shape index (κ2) is 9.32. The van der Waals surface area contributed by atoms with Crippen molar-refractivity contribution in [3.8, 4) is 11.5 Å². The minimum atomic E-state index is -1.02. The summed E-state index contributed by atoms with van der Waals surface area (Å²) in [6.45, 7) is 0. The molecule has 0 radical (unpaired) electrons. The number of aliphatic carboxylic acids is 1. The zero-order chi connectivity index (χ0) is 20.6. The molecule has 0 fully saturated rings. The van der Waals surface area contributed by atoms with Gasteiger partial charge in [0.1, 0.15) is 11.5 Å². The number of ether oxygens (including phenoxy) is 1. The van der Waals surface area contributed by atoms with Gasteiger partial charge in [-0.25, -0.2) is 4.79 Å². The van der Waals surface area contributed by atoms with Crippen LogP contribution in [0.2, 0.25) is 0 Å². The van der Waals surface area contributed by atoms with E-state index >= 15 is 0 Å². The third-order valence-corrected chi connectivity index (χ3v) is 4.21. The van der Waals surface area contributed by atoms with Crippen LogP contribution in [0, 0.1) is 0 Å². The maximum Gasteiger partial charge on any atom is 0.336 e. The van der Waals surface area contributed by atoms with Crippen molar-refractivity contribution in [2.45, 2.75) is 12.8 Å². The first-order valence-electron chi connectivity index (χ1n) is 9.02. The van der Waals surface area contributed by atoms with Gasteiger partial charge in [-0.15, -0.1) is 0 Å². The Morgan fingerprint density at radius 1 is 1.00 bits per heavy atom. The number of hydrogen-bond donors (Lipinski definition) is 2. The molecule has 146 valence electrons. The Labute approximate surface area is 168 Å². The van der Waals surface area contributed by atoms with Crippen molar-refractivity contribution in [3.63, 3.8) is 0 Å². The molecule has 0 bridgehead atoms. The van der Waals surface area contributed by atoms with Crippen LogP contribution in [0.15, 0.2) is 73.1 Å². The largest absolute Gasteiger partial charge is 0.478 e. The normalized spacial score (nSPS) is 11.1. The number of carboxylic acid groups (broad SMARTS) is 1. The van der Waals surface area contributed by atoms with Gasteiger partial charge in [-0.1, -0.05) is 30.3 Å². The summed E-state index contributed by atoms with van der Waals surface area (Å²) >= 11 is 0. The van der Waals surface area contributed by atoms with Crippen LogP contribution in [0.5, 0.6) is 11.5 Å². The quantitative estimate of drug-likeness (QED) is 0.570. The van der Waals surface area contributed by atoms with Crippen LogP contribution in [0.1, 0.15) is 23.1 Å². The lowest BCUT2D eigenvalue weighted by Gasteiger charge is -2.08. The van der Waals surface area contributed by atoms with Crippen LogP contribution in [-0.4, -0.2) is 22.0 Å². The van der Waals surface area contributed by atoms with Crippen molar-refractivity contribution >= 4 is 23.5 Å². The van der Waals surface area contributed by atoms with E-state index in [0.29, 0.717) is 35.5 Å². The predicted octanol–water partition coefficient (Wildman–Crippen LogP) is 3.92. The summed E-state index contributed by atoms with van der Waals surface area (Å²) in [5.41, 5.74) is 7.60. The molecule has 0 saturated carbocycles. The van der Waals surface area contributed by atoms with Gasteiger partial charge in [0.05, 0.1) is 5.57 Å². The summed E-state index contributed by atoms with van der Waals surface area (Å²) in [6, 6.07) is 17.8. The Balaban J connectivity index is 1.71. The number of carbonyl (C=O) groups is 2. The molecule has 0 atom stereocenters. The minimum Gasteiger partial charge on any atom is -0.478 e. The monoisotopic (exact) mass is 388 g/mol. The number of hydrogen-bond acceptors (Lipinski definition) is 4. The Bertz CT molecular complexity index is 1010. The standard InChI is InChI=1S/C23H20N2O4/c24-22(26)12-5-16-3-8-19(9-4-16)29-20-10-6-18(7-11-20)21(23(27)28)14-17-2-1-13-25-15-17/h1-4,6-11,13-15H,5,12H2,(H2,24,26)(H,27,28)/b21-14-. The van der Waals surface area contributed by atoms with E-state index < -0.39 is 5.97 Å². The average Bonchev–Trinajstić information content (AvgIpc) is 2.73. The van der Waals surface area contributed by atoms with Gasteiger partial charge in [0.2, 0.25) is 5.91 Å². The smallest absolute Gasteiger partial charge is 0.336 e. The van der Waals surface area contributed by atoms with Gasteiger partial charge in [-0.2, -0.15) is 0 Å². The van der Waals surface area contributed by atoms with E-state index in [9.17, 15) is 14.7 Å². The van der Waals surface area contributed by atoms with Crippen molar-refractivity contribution < 1.29 is 19.4 Å². The van der Waals surface area contributed by atoms with Crippen LogP contribution >= 0.6 is 0 Å². The highest BCUT2D eigenvalue weighted by molar-refractivity contribution is 6.20. The Morgan fingerprint density at radius 3 is 2.21 bits per heavy atom. The molecule has 0 spiro atoms. The van der Waals surface area contributed by atoms with Crippen molar-refractivity contribution in [3.05, 3.63) is 89.7 Å². The molecule has 3 rings (SSSR count). The van der Waals surface area contributed by atoms with Crippen molar-refractivity contribution in [1.82, 2.24) is 4.98 Å². The first kappa shape index (κ1) is 19.8. The third kappa shape index (κ3) is 5.77. The van der Waals surface area contributed by atoms with Crippen molar-refractivity contribution in [2.24, 2.45) is 5.73 Å². The molecule has 3 N–H and O–H groups in total. The van der Waals surface area contributed by atoms with Gasteiger partial charge >= 0.3 is 5.97 Å². The highest BCUT2D eigenvalue weighted by Crippen LogP contribution is 2.25. The van der Waals surface area contributed by atoms with Crippen molar-refractivity contribution in [1.29, 1.82) is 0 Å². The fourth-order valence-corrected chi connectivity index (χ4v) is 2.73. The molecule has 0 aliphatic heterocycles. The fraction of sp³-hybridized carbons (Fsp3) is 0.0870. The van der Waals surface area contributed by atoms with E-state index in [1.165, 1.54) is 0 Å². The van der Waals surface area contributed by atoms with E-state index in [-0.39, 0.29) is 11.5 Å². The maximum atomic E-state index is 11.7. The maximum absolute atomic E-state index is 11.7. The number of aromatic nitrogens is 1. The lowest BCUT2D eigenvalue weighted by Crippen LogP contribution is -2.11. The van der Waals surface area contributed by atoms with E-state index in [1.807, 2.05) is 24.3 Å². The SMILES string of the molecule is NC(=O)CCc1ccc(Oc2ccc(/C(=C/c3cccnc3)C(=O)O)cc2)cc1. The third-order valence-electron chi connectivity index (χ3n) is 4.21. The van der Waals surface area contributed by atoms with E-state index in [4.69, 9.17) is 10.5 Å². The Hall–Kier alpha value is -3.93. The number of aryl methyl sites for hydroxylation is 1. The molecule has 29 heavy (non-hydrogen) atoms. The molecular formula is C23H20N2O4. The molecule has 6 heteroatoms. The zero-order valence-corrected chi connectivity index (χ0v) is 15.6. The van der Waals surface area contributed by atoms with Gasteiger partial charge < -0.3 is 15.6 Å². The lowest BCUT2D eigenvalue weighted by molar-refractivity contribution is -0.130. The number of benzene rings is 2.